The van der Waals surface area contributed by atoms with Crippen molar-refractivity contribution in [2.45, 2.75) is 32.3 Å². The van der Waals surface area contributed by atoms with E-state index in [0.29, 0.717) is 5.41 Å². The molecule has 2 fully saturated rings. The average Bonchev–Trinajstić information content (AvgIpc) is 3.03. The standard InChI is InChI=1S/C19H30N2O3/c1-19(9-10-20-13-19)14-21-11-7-15(8-12-21)24-18-16(22-2)5-4-6-17(18)23-3/h4-6,15,20H,7-14H2,1-3H3. The van der Waals surface area contributed by atoms with Gasteiger partial charge in [-0.15, -0.1) is 0 Å². The van der Waals surface area contributed by atoms with E-state index in [1.165, 1.54) is 13.0 Å². The van der Waals surface area contributed by atoms with Crippen LogP contribution in [-0.2, 0) is 0 Å². The highest BCUT2D eigenvalue weighted by Gasteiger charge is 2.32. The van der Waals surface area contributed by atoms with E-state index in [9.17, 15) is 0 Å². The number of nitrogens with zero attached hydrogens (tertiary/aromatic N) is 1. The highest BCUT2D eigenvalue weighted by atomic mass is 16.5. The topological polar surface area (TPSA) is 43.0 Å². The number of ether oxygens (including phenoxy) is 3. The van der Waals surface area contributed by atoms with Crippen molar-refractivity contribution >= 4 is 0 Å². The molecule has 0 saturated carbocycles. The minimum atomic E-state index is 0.223. The van der Waals surface area contributed by atoms with E-state index in [1.54, 1.807) is 14.2 Å². The molecule has 2 aliphatic heterocycles. The molecule has 5 heteroatoms. The van der Waals surface area contributed by atoms with E-state index in [2.05, 4.69) is 17.1 Å². The summed E-state index contributed by atoms with van der Waals surface area (Å²) in [6.07, 6.45) is 3.60. The van der Waals surface area contributed by atoms with E-state index in [4.69, 9.17) is 14.2 Å². The number of rotatable bonds is 6. The Balaban J connectivity index is 1.56. The molecule has 3 rings (SSSR count). The fourth-order valence-corrected chi connectivity index (χ4v) is 3.83. The first-order valence-corrected chi connectivity index (χ1v) is 8.94. The lowest BCUT2D eigenvalue weighted by Crippen LogP contribution is -2.44. The maximum Gasteiger partial charge on any atom is 0.203 e. The van der Waals surface area contributed by atoms with Gasteiger partial charge in [0.1, 0.15) is 6.10 Å². The van der Waals surface area contributed by atoms with Gasteiger partial charge in [-0.25, -0.2) is 0 Å². The van der Waals surface area contributed by atoms with Gasteiger partial charge in [-0.05, 0) is 43.4 Å². The molecule has 1 aromatic carbocycles. The van der Waals surface area contributed by atoms with Crippen LogP contribution in [0, 0.1) is 5.41 Å². The van der Waals surface area contributed by atoms with Gasteiger partial charge in [0.15, 0.2) is 11.5 Å². The fourth-order valence-electron chi connectivity index (χ4n) is 3.83. The fraction of sp³-hybridized carbons (Fsp3) is 0.684. The highest BCUT2D eigenvalue weighted by Crippen LogP contribution is 2.38. The molecule has 0 radical (unpaired) electrons. The lowest BCUT2D eigenvalue weighted by atomic mass is 9.88. The molecule has 0 amide bonds. The number of methoxy groups -OCH3 is 2. The minimum Gasteiger partial charge on any atom is -0.493 e. The monoisotopic (exact) mass is 334 g/mol. The Morgan fingerprint density at radius 2 is 1.83 bits per heavy atom. The quantitative estimate of drug-likeness (QED) is 0.866. The second-order valence-corrected chi connectivity index (χ2v) is 7.32. The van der Waals surface area contributed by atoms with Gasteiger partial charge in [0.2, 0.25) is 5.75 Å². The van der Waals surface area contributed by atoms with Gasteiger partial charge in [-0.2, -0.15) is 0 Å². The van der Waals surface area contributed by atoms with Crippen LogP contribution >= 0.6 is 0 Å². The zero-order valence-electron chi connectivity index (χ0n) is 15.1. The van der Waals surface area contributed by atoms with Gasteiger partial charge >= 0.3 is 0 Å². The first-order valence-electron chi connectivity index (χ1n) is 8.94. The molecule has 2 saturated heterocycles. The van der Waals surface area contributed by atoms with E-state index >= 15 is 0 Å². The Morgan fingerprint density at radius 3 is 2.38 bits per heavy atom. The molecule has 0 aromatic heterocycles. The molecule has 0 bridgehead atoms. The van der Waals surface area contributed by atoms with Crippen molar-refractivity contribution in [1.29, 1.82) is 0 Å². The van der Waals surface area contributed by atoms with Crippen LogP contribution in [-0.4, -0.2) is 57.9 Å². The van der Waals surface area contributed by atoms with Gasteiger partial charge in [0.05, 0.1) is 14.2 Å². The van der Waals surface area contributed by atoms with Crippen molar-refractivity contribution in [1.82, 2.24) is 10.2 Å². The molecule has 0 spiro atoms. The lowest BCUT2D eigenvalue weighted by molar-refractivity contribution is 0.0740. The van der Waals surface area contributed by atoms with Gasteiger partial charge in [-0.3, -0.25) is 0 Å². The van der Waals surface area contributed by atoms with E-state index in [1.807, 2.05) is 18.2 Å². The number of hydrogen-bond donors (Lipinski definition) is 1. The van der Waals surface area contributed by atoms with Crippen molar-refractivity contribution in [2.75, 3.05) is 46.9 Å². The summed E-state index contributed by atoms with van der Waals surface area (Å²) in [4.78, 5) is 2.59. The van der Waals surface area contributed by atoms with Crippen LogP contribution in [0.25, 0.3) is 0 Å². The predicted octanol–water partition coefficient (Wildman–Crippen LogP) is 2.55. The van der Waals surface area contributed by atoms with Crippen molar-refractivity contribution in [3.63, 3.8) is 0 Å². The van der Waals surface area contributed by atoms with Crippen LogP contribution < -0.4 is 19.5 Å². The van der Waals surface area contributed by atoms with Gasteiger partial charge in [0, 0.05) is 26.2 Å². The molecule has 5 nitrogen and oxygen atoms in total. The van der Waals surface area contributed by atoms with Crippen molar-refractivity contribution in [3.05, 3.63) is 18.2 Å². The molecule has 0 aliphatic carbocycles. The Morgan fingerprint density at radius 1 is 1.17 bits per heavy atom. The molecule has 1 N–H and O–H groups in total. The lowest BCUT2D eigenvalue weighted by Gasteiger charge is -2.37. The Bertz CT molecular complexity index is 513. The van der Waals surface area contributed by atoms with Gasteiger partial charge in [0.25, 0.3) is 0 Å². The number of likely N-dealkylation sites (tertiary alicyclic amines) is 1. The summed E-state index contributed by atoms with van der Waals surface area (Å²) >= 11 is 0. The molecular weight excluding hydrogens is 304 g/mol. The van der Waals surface area contributed by atoms with Gasteiger partial charge < -0.3 is 24.4 Å². The smallest absolute Gasteiger partial charge is 0.203 e. The summed E-state index contributed by atoms with van der Waals surface area (Å²) in [5, 5.41) is 3.49. The maximum absolute atomic E-state index is 6.25. The summed E-state index contributed by atoms with van der Waals surface area (Å²) in [7, 11) is 3.33. The van der Waals surface area contributed by atoms with E-state index in [-0.39, 0.29) is 6.10 Å². The number of para-hydroxylation sites is 1. The second-order valence-electron chi connectivity index (χ2n) is 7.32. The van der Waals surface area contributed by atoms with Crippen molar-refractivity contribution < 1.29 is 14.2 Å². The third kappa shape index (κ3) is 3.95. The third-order valence-electron chi connectivity index (χ3n) is 5.26. The first-order chi connectivity index (χ1) is 11.6. The molecule has 1 unspecified atom stereocenters. The number of benzene rings is 1. The molecule has 2 heterocycles. The molecule has 2 aliphatic rings. The van der Waals surface area contributed by atoms with Gasteiger partial charge in [-0.1, -0.05) is 13.0 Å². The van der Waals surface area contributed by atoms with Crippen molar-refractivity contribution in [2.24, 2.45) is 5.41 Å². The molecule has 134 valence electrons. The summed E-state index contributed by atoms with van der Waals surface area (Å²) in [6.45, 7) is 8.07. The normalized spacial score (nSPS) is 25.6. The number of piperidine rings is 1. The zero-order chi connectivity index (χ0) is 17.0. The van der Waals surface area contributed by atoms with E-state index < -0.39 is 0 Å². The highest BCUT2D eigenvalue weighted by molar-refractivity contribution is 5.51. The Kier molecular flexibility index (Phi) is 5.51. The van der Waals surface area contributed by atoms with Crippen LogP contribution in [0.4, 0.5) is 0 Å². The summed E-state index contributed by atoms with van der Waals surface area (Å²) in [6, 6.07) is 5.76. The Hall–Kier alpha value is -1.46. The maximum atomic E-state index is 6.25. The largest absolute Gasteiger partial charge is 0.493 e. The zero-order valence-corrected chi connectivity index (χ0v) is 15.1. The van der Waals surface area contributed by atoms with Crippen LogP contribution in [0.3, 0.4) is 0 Å². The van der Waals surface area contributed by atoms with Crippen LogP contribution in [0.15, 0.2) is 18.2 Å². The average molecular weight is 334 g/mol. The number of nitrogens with one attached hydrogen (secondary N) is 1. The predicted molar refractivity (Wildman–Crippen MR) is 95.2 cm³/mol. The van der Waals surface area contributed by atoms with Crippen LogP contribution in [0.2, 0.25) is 0 Å². The van der Waals surface area contributed by atoms with Crippen LogP contribution in [0.5, 0.6) is 17.2 Å². The number of hydrogen-bond acceptors (Lipinski definition) is 5. The van der Waals surface area contributed by atoms with Crippen molar-refractivity contribution in [3.8, 4) is 17.2 Å². The van der Waals surface area contributed by atoms with Crippen LogP contribution in [0.1, 0.15) is 26.2 Å². The van der Waals surface area contributed by atoms with E-state index in [0.717, 1.165) is 56.3 Å². The summed E-state index contributed by atoms with van der Waals surface area (Å²) in [5.74, 6) is 2.20. The SMILES string of the molecule is COc1cccc(OC)c1OC1CCN(CC2(C)CCNC2)CC1. The first kappa shape index (κ1) is 17.4. The molecule has 1 aromatic rings. The summed E-state index contributed by atoms with van der Waals surface area (Å²) < 4.78 is 17.1. The molecule has 1 atom stereocenters. The molecule has 24 heavy (non-hydrogen) atoms. The molecular formula is C19H30N2O3. The Labute approximate surface area is 145 Å². The third-order valence-corrected chi connectivity index (χ3v) is 5.26. The second kappa shape index (κ2) is 7.62. The summed E-state index contributed by atoms with van der Waals surface area (Å²) in [5.41, 5.74) is 0.430. The minimum absolute atomic E-state index is 0.223.